The third-order valence-corrected chi connectivity index (χ3v) is 19.7. The van der Waals surface area contributed by atoms with Crippen LogP contribution in [0.3, 0.4) is 0 Å². The van der Waals surface area contributed by atoms with E-state index in [1.807, 2.05) is 6.08 Å². The number of aliphatic hydroxyl groups is 3. The summed E-state index contributed by atoms with van der Waals surface area (Å²) in [4.78, 5) is 44.5. The lowest BCUT2D eigenvalue weighted by Gasteiger charge is -2.62. The highest BCUT2D eigenvalue weighted by atomic mass is 16.5. The quantitative estimate of drug-likeness (QED) is 0.147. The fraction of sp³-hybridized carbons (Fsp3) is 0.780. The first-order valence-corrected chi connectivity index (χ1v) is 23.0. The Bertz CT molecular complexity index is 1930. The molecule has 16 atom stereocenters. The zero-order valence-electron chi connectivity index (χ0n) is 36.3. The normalized spacial score (nSPS) is 46.8. The lowest BCUT2D eigenvalue weighted by molar-refractivity contribution is -0.186. The molecule has 0 amide bonds. The number of aliphatic hydroxyl groups excluding tert-OH is 3. The Kier molecular flexibility index (Phi) is 10.9. The van der Waals surface area contributed by atoms with Crippen LogP contribution in [-0.4, -0.2) is 58.3 Å². The summed E-state index contributed by atoms with van der Waals surface area (Å²) in [6.45, 7) is 26.2. The van der Waals surface area contributed by atoms with Crippen LogP contribution in [0.25, 0.3) is 9.69 Å². The van der Waals surface area contributed by atoms with Crippen molar-refractivity contribution in [2.75, 3.05) is 7.11 Å². The highest BCUT2D eigenvalue weighted by Gasteiger charge is 2.66. The number of hydrogen-bond donors (Lipinski definition) is 3. The van der Waals surface area contributed by atoms with Crippen molar-refractivity contribution in [2.45, 2.75) is 156 Å². The highest BCUT2D eigenvalue weighted by molar-refractivity contribution is 6.05. The molecule has 0 heterocycles. The third-order valence-electron chi connectivity index (χ3n) is 19.7. The van der Waals surface area contributed by atoms with Gasteiger partial charge in [-0.3, -0.25) is 4.79 Å². The van der Waals surface area contributed by atoms with E-state index in [-0.39, 0.29) is 91.9 Å². The van der Waals surface area contributed by atoms with Gasteiger partial charge in [0, 0.05) is 23.7 Å². The van der Waals surface area contributed by atoms with Crippen LogP contribution in [0.4, 0.5) is 0 Å². The molecule has 320 valence electrons. The van der Waals surface area contributed by atoms with E-state index in [9.17, 15) is 29.7 Å². The third kappa shape index (κ3) is 6.16. The maximum absolute atomic E-state index is 13.3. The second-order valence-electron chi connectivity index (χ2n) is 21.7. The molecule has 6 saturated carbocycles. The van der Waals surface area contributed by atoms with Crippen LogP contribution in [0, 0.1) is 93.5 Å². The predicted octanol–water partition coefficient (Wildman–Crippen LogP) is 8.84. The number of methoxy groups -OCH3 is 1. The monoisotopic (exact) mass is 809 g/mol. The SMILES string of the molecule is [C-]#[N+]C1=C[C@@]2(C)C(=CC[C@H]3[C@@H]4CC[C@H](O)[C@@]4(C)CC[C@@H]32)C2(CCCC2)C1=O.[C-]#[N+]C1=C[C@@]2(C)[C@@H](CC1=O)C[C@@H](O)[C@@H]1[C@@H]2C[C@H](O)[C@]2(C)[C@@H]([C@H](C)CCC(=O)OC)CC[C@@H]12. The number of nitrogens with zero attached hydrogens (tertiary/aromatic N) is 2. The Morgan fingerprint density at radius 2 is 1.56 bits per heavy atom. The summed E-state index contributed by atoms with van der Waals surface area (Å²) >= 11 is 0. The van der Waals surface area contributed by atoms with Gasteiger partial charge in [-0.05, 0) is 147 Å². The standard InChI is InChI=1S/C26H37NO5.C24H31NO2/c1-14(6-9-23(31)32-5)16-7-8-17-24-18(12-22(30)26(16,17)3)25(2)13-19(27-4)20(28)10-15(25)11-21(24)29;1-22-13-10-17-15(16(22)7-9-20(22)26)6-8-19-23(17,2)14-18(25-3)21(27)24(19)11-4-5-12-24/h13-18,21-22,24,29-30H,6-12H2,1-3,5H3;8,14-17,20,26H,4-7,9-13H2,1-2H3/t14-,15+,16-,17+,18+,21-,22+,24+,25+,26-;15-,16-,17-,20-,22-,23+/m10/s1. The highest BCUT2D eigenvalue weighted by Crippen LogP contribution is 2.70. The molecule has 3 N–H and O–H groups in total. The number of ether oxygens (including phenoxy) is 1. The van der Waals surface area contributed by atoms with Crippen molar-refractivity contribution < 1.29 is 34.4 Å². The van der Waals surface area contributed by atoms with Crippen LogP contribution in [0.15, 0.2) is 35.2 Å². The summed E-state index contributed by atoms with van der Waals surface area (Å²) in [5.41, 5.74) is 0.838. The summed E-state index contributed by atoms with van der Waals surface area (Å²) in [5.74, 6) is 2.32. The van der Waals surface area contributed by atoms with Crippen LogP contribution in [-0.2, 0) is 19.1 Å². The molecule has 6 fully saturated rings. The van der Waals surface area contributed by atoms with Gasteiger partial charge in [-0.1, -0.05) is 71.3 Å². The minimum atomic E-state index is -0.507. The number of ketones is 2. The fourth-order valence-corrected chi connectivity index (χ4v) is 16.5. The van der Waals surface area contributed by atoms with Crippen LogP contribution in [0.2, 0.25) is 0 Å². The Balaban J connectivity index is 0.000000166. The number of esters is 1. The Labute approximate surface area is 352 Å². The van der Waals surface area contributed by atoms with Crippen molar-refractivity contribution in [3.05, 3.63) is 58.0 Å². The summed E-state index contributed by atoms with van der Waals surface area (Å²) in [6, 6.07) is 0. The molecule has 9 rings (SSSR count). The topological polar surface area (TPSA) is 130 Å². The van der Waals surface area contributed by atoms with Gasteiger partial charge in [0.15, 0.2) is 11.6 Å². The van der Waals surface area contributed by atoms with Gasteiger partial charge in [0.1, 0.15) is 0 Å². The van der Waals surface area contributed by atoms with Gasteiger partial charge in [0.05, 0.1) is 38.6 Å². The van der Waals surface area contributed by atoms with Crippen LogP contribution in [0.5, 0.6) is 0 Å². The lowest BCUT2D eigenvalue weighted by Crippen LogP contribution is -2.61. The van der Waals surface area contributed by atoms with Gasteiger partial charge in [-0.25, -0.2) is 9.69 Å². The second kappa shape index (κ2) is 15.1. The second-order valence-corrected chi connectivity index (χ2v) is 21.7. The van der Waals surface area contributed by atoms with E-state index >= 15 is 0 Å². The average Bonchev–Trinajstić information content (AvgIpc) is 3.93. The van der Waals surface area contributed by atoms with Crippen LogP contribution in [0.1, 0.15) is 137 Å². The minimum Gasteiger partial charge on any atom is -0.469 e. The lowest BCUT2D eigenvalue weighted by atomic mass is 9.44. The number of Topliss-reactive ketones (excluding diaryl/α,β-unsaturated/α-hetero) is 2. The smallest absolute Gasteiger partial charge is 0.305 e. The van der Waals surface area contributed by atoms with Gasteiger partial charge >= 0.3 is 5.97 Å². The zero-order chi connectivity index (χ0) is 42.4. The van der Waals surface area contributed by atoms with E-state index in [1.165, 1.54) is 12.7 Å². The summed E-state index contributed by atoms with van der Waals surface area (Å²) in [5, 5.41) is 33.5. The van der Waals surface area contributed by atoms with Gasteiger partial charge in [0.2, 0.25) is 11.4 Å². The van der Waals surface area contributed by atoms with Crippen LogP contribution >= 0.6 is 0 Å². The maximum atomic E-state index is 13.3. The maximum Gasteiger partial charge on any atom is 0.305 e. The molecule has 0 aromatic rings. The van der Waals surface area contributed by atoms with E-state index in [4.69, 9.17) is 17.9 Å². The molecule has 0 saturated heterocycles. The van der Waals surface area contributed by atoms with Crippen molar-refractivity contribution in [3.63, 3.8) is 0 Å². The van der Waals surface area contributed by atoms with Crippen LogP contribution < -0.4 is 0 Å². The summed E-state index contributed by atoms with van der Waals surface area (Å²) in [6.07, 6.45) is 19.1. The number of carbonyl (C=O) groups is 3. The molecule has 9 aliphatic rings. The molecular formula is C50H68N2O7. The molecular weight excluding hydrogens is 741 g/mol. The van der Waals surface area contributed by atoms with Gasteiger partial charge in [-0.15, -0.1) is 0 Å². The molecule has 0 aromatic heterocycles. The van der Waals surface area contributed by atoms with Gasteiger partial charge in [0.25, 0.3) is 0 Å². The molecule has 0 unspecified atom stereocenters. The average molecular weight is 809 g/mol. The molecule has 1 spiro atoms. The van der Waals surface area contributed by atoms with E-state index in [0.717, 1.165) is 77.0 Å². The van der Waals surface area contributed by atoms with E-state index < -0.39 is 12.2 Å². The van der Waals surface area contributed by atoms with E-state index in [1.54, 1.807) is 0 Å². The molecule has 0 bridgehead atoms. The van der Waals surface area contributed by atoms with Gasteiger partial charge in [-0.2, -0.15) is 0 Å². The zero-order valence-corrected chi connectivity index (χ0v) is 36.3. The van der Waals surface area contributed by atoms with Gasteiger partial charge < -0.3 is 29.6 Å². The summed E-state index contributed by atoms with van der Waals surface area (Å²) in [7, 11) is 1.41. The Hall–Kier alpha value is -3.11. The number of hydrogen-bond acceptors (Lipinski definition) is 7. The van der Waals surface area contributed by atoms with E-state index in [0.29, 0.717) is 49.1 Å². The van der Waals surface area contributed by atoms with Crippen molar-refractivity contribution in [1.29, 1.82) is 0 Å². The number of rotatable bonds is 4. The molecule has 0 aliphatic heterocycles. The fourth-order valence-electron chi connectivity index (χ4n) is 16.5. The Morgan fingerprint density at radius 1 is 0.864 bits per heavy atom. The van der Waals surface area contributed by atoms with Crippen molar-refractivity contribution >= 4 is 17.5 Å². The summed E-state index contributed by atoms with van der Waals surface area (Å²) < 4.78 is 4.82. The molecule has 0 radical (unpaired) electrons. The molecule has 9 nitrogen and oxygen atoms in total. The van der Waals surface area contributed by atoms with Crippen molar-refractivity contribution in [2.24, 2.45) is 80.3 Å². The first-order chi connectivity index (χ1) is 27.9. The van der Waals surface area contributed by atoms with E-state index in [2.05, 4.69) is 56.5 Å². The molecule has 0 aromatic carbocycles. The first-order valence-electron chi connectivity index (χ1n) is 23.0. The van der Waals surface area contributed by atoms with Crippen molar-refractivity contribution in [3.8, 4) is 0 Å². The number of carbonyl (C=O) groups excluding carboxylic acids is 3. The molecule has 9 heteroatoms. The molecule has 59 heavy (non-hydrogen) atoms. The molecule has 9 aliphatic carbocycles. The largest absolute Gasteiger partial charge is 0.469 e. The number of fused-ring (bicyclic) bond motifs is 11. The Morgan fingerprint density at radius 3 is 2.24 bits per heavy atom. The minimum absolute atomic E-state index is 0.0180. The first kappa shape index (κ1) is 42.6. The predicted molar refractivity (Wildman–Crippen MR) is 223 cm³/mol. The number of allylic oxidation sites excluding steroid dienone is 6. The van der Waals surface area contributed by atoms with Crippen molar-refractivity contribution in [1.82, 2.24) is 0 Å².